The van der Waals surface area contributed by atoms with Crippen LogP contribution in [-0.4, -0.2) is 13.5 Å². The molecule has 3 nitrogen and oxygen atoms in total. The third-order valence-corrected chi connectivity index (χ3v) is 12.4. The van der Waals surface area contributed by atoms with E-state index in [4.69, 9.17) is 0 Å². The van der Waals surface area contributed by atoms with Crippen LogP contribution < -0.4 is 0 Å². The first-order valence-corrected chi connectivity index (χ1v) is 19.7. The Kier molecular flexibility index (Phi) is 6.16. The molecule has 0 radical (unpaired) electrons. The first kappa shape index (κ1) is 30.7. The molecule has 0 aliphatic rings. The van der Waals surface area contributed by atoms with E-state index >= 15 is 0 Å². The molecule has 0 bridgehead atoms. The average molecular weight is 724 g/mol. The fraction of sp³-hybridized carbons (Fsp3) is 0. The Morgan fingerprint density at radius 3 is 1.11 bits per heavy atom. The van der Waals surface area contributed by atoms with Crippen LogP contribution in [0.5, 0.6) is 0 Å². The van der Waals surface area contributed by atoms with E-state index in [0.717, 1.165) is 5.69 Å². The second-order valence-corrected chi connectivity index (χ2v) is 15.3. The lowest BCUT2D eigenvalue weighted by atomic mass is 9.99. The lowest BCUT2D eigenvalue weighted by molar-refractivity contribution is 1.18. The van der Waals surface area contributed by atoms with Gasteiger partial charge < -0.3 is 13.5 Å². The Morgan fingerprint density at radius 2 is 0.596 bits per heavy atom. The van der Waals surface area contributed by atoms with Gasteiger partial charge in [-0.15, -0.1) is 0 Å². The monoisotopic (exact) mass is 723 g/mol. The Morgan fingerprint density at radius 1 is 0.228 bits per heavy atom. The highest BCUT2D eigenvalue weighted by Gasteiger charge is 2.20. The van der Waals surface area contributed by atoms with Crippen LogP contribution in [-0.2, 0) is 0 Å². The molecule has 0 atom stereocenters. The van der Waals surface area contributed by atoms with Crippen LogP contribution in [0.2, 0.25) is 0 Å². The molecule has 9 aromatic carbocycles. The van der Waals surface area contributed by atoms with E-state index in [-0.39, 0.29) is 0 Å². The van der Waals surface area contributed by atoms with Crippen molar-refractivity contribution in [3.05, 3.63) is 200 Å². The van der Waals surface area contributed by atoms with E-state index in [0.29, 0.717) is 0 Å². The van der Waals surface area contributed by atoms with Crippen LogP contribution in [0.25, 0.3) is 115 Å². The maximum atomic E-state index is 2.44. The molecular weight excluding hydrogens is 691 g/mol. The van der Waals surface area contributed by atoms with Crippen molar-refractivity contribution in [1.29, 1.82) is 0 Å². The van der Waals surface area contributed by atoms with Crippen LogP contribution >= 0.6 is 0 Å². The smallest absolute Gasteiger partial charge is 0.0620 e. The van der Waals surface area contributed by atoms with Crippen molar-refractivity contribution in [1.82, 2.24) is 13.5 Å². The van der Waals surface area contributed by atoms with Crippen molar-refractivity contribution in [3.63, 3.8) is 0 Å². The molecular formula is C54H33N3. The predicted molar refractivity (Wildman–Crippen MR) is 241 cm³/mol. The maximum Gasteiger partial charge on any atom is 0.0620 e. The lowest BCUT2D eigenvalue weighted by Gasteiger charge is -2.11. The minimum atomic E-state index is 1.15. The van der Waals surface area contributed by atoms with Crippen LogP contribution in [0, 0.1) is 0 Å². The highest BCUT2D eigenvalue weighted by atomic mass is 15.0. The van der Waals surface area contributed by atoms with Gasteiger partial charge in [0.2, 0.25) is 0 Å². The number of fused-ring (bicyclic) bond motifs is 12. The third-order valence-electron chi connectivity index (χ3n) is 12.4. The molecule has 0 fully saturated rings. The van der Waals surface area contributed by atoms with Crippen molar-refractivity contribution in [3.8, 4) is 33.6 Å². The molecule has 264 valence electrons. The number of hydrogen-bond acceptors (Lipinski definition) is 0. The number of hydrogen-bond donors (Lipinski definition) is 0. The first-order valence-electron chi connectivity index (χ1n) is 19.7. The quantitative estimate of drug-likeness (QED) is 0.172. The summed E-state index contributed by atoms with van der Waals surface area (Å²) < 4.78 is 7.24. The largest absolute Gasteiger partial charge is 0.309 e. The molecule has 3 heteroatoms. The minimum Gasteiger partial charge on any atom is -0.309 e. The molecule has 0 spiro atoms. The maximum absolute atomic E-state index is 2.44. The molecule has 13 aromatic rings. The topological polar surface area (TPSA) is 14.3 Å². The molecule has 0 aliphatic carbocycles. The van der Waals surface area contributed by atoms with Gasteiger partial charge in [-0.2, -0.15) is 0 Å². The van der Waals surface area contributed by atoms with Gasteiger partial charge in [0.1, 0.15) is 0 Å². The van der Waals surface area contributed by atoms with Gasteiger partial charge in [-0.1, -0.05) is 115 Å². The molecule has 4 heterocycles. The Hall–Kier alpha value is -7.62. The summed E-state index contributed by atoms with van der Waals surface area (Å²) in [6, 6.07) is 73.7. The fourth-order valence-electron chi connectivity index (χ4n) is 9.86. The molecule has 4 aromatic heterocycles. The van der Waals surface area contributed by atoms with Crippen molar-refractivity contribution in [2.24, 2.45) is 0 Å². The first-order chi connectivity index (χ1) is 28.3. The molecule has 0 saturated carbocycles. The zero-order chi connectivity index (χ0) is 37.2. The normalized spacial score (nSPS) is 12.2. The summed E-state index contributed by atoms with van der Waals surface area (Å²) in [5, 5.41) is 10.2. The summed E-state index contributed by atoms with van der Waals surface area (Å²) in [6.45, 7) is 0. The summed E-state index contributed by atoms with van der Waals surface area (Å²) in [5.74, 6) is 0. The summed E-state index contributed by atoms with van der Waals surface area (Å²) in [6.07, 6.45) is 0. The Balaban J connectivity index is 0.939. The van der Waals surface area contributed by atoms with E-state index in [2.05, 4.69) is 214 Å². The van der Waals surface area contributed by atoms with Gasteiger partial charge in [-0.3, -0.25) is 0 Å². The zero-order valence-corrected chi connectivity index (χ0v) is 30.9. The Labute approximate surface area is 327 Å². The summed E-state index contributed by atoms with van der Waals surface area (Å²) in [4.78, 5) is 0. The summed E-state index contributed by atoms with van der Waals surface area (Å²) >= 11 is 0. The fourth-order valence-corrected chi connectivity index (χ4v) is 9.86. The van der Waals surface area contributed by atoms with Crippen LogP contribution in [0.3, 0.4) is 0 Å². The number of benzene rings is 9. The SMILES string of the molecule is c1ccc(-n2c3ccccc3c3cc(-c4ccc5c(c4)c4ccccc4n5-c4ccc(-c5cc6c7ccccc7n7c8ccccc8c(c5)c67)cc4)ccc32)cc1. The van der Waals surface area contributed by atoms with Gasteiger partial charge in [-0.05, 0) is 107 Å². The van der Waals surface area contributed by atoms with Gasteiger partial charge in [0.05, 0.1) is 38.6 Å². The van der Waals surface area contributed by atoms with Crippen LogP contribution in [0.1, 0.15) is 0 Å². The zero-order valence-electron chi connectivity index (χ0n) is 30.9. The van der Waals surface area contributed by atoms with E-state index in [1.165, 1.54) is 110 Å². The third kappa shape index (κ3) is 4.26. The number of rotatable bonds is 4. The number of aromatic nitrogens is 3. The van der Waals surface area contributed by atoms with Crippen LogP contribution in [0.4, 0.5) is 0 Å². The van der Waals surface area contributed by atoms with Crippen molar-refractivity contribution in [2.45, 2.75) is 0 Å². The lowest BCUT2D eigenvalue weighted by Crippen LogP contribution is -1.94. The summed E-state index contributed by atoms with van der Waals surface area (Å²) in [5.41, 5.74) is 15.9. The van der Waals surface area contributed by atoms with Crippen molar-refractivity contribution < 1.29 is 0 Å². The highest BCUT2D eigenvalue weighted by molar-refractivity contribution is 6.24. The van der Waals surface area contributed by atoms with Crippen molar-refractivity contribution in [2.75, 3.05) is 0 Å². The number of para-hydroxylation sites is 5. The summed E-state index contributed by atoms with van der Waals surface area (Å²) in [7, 11) is 0. The minimum absolute atomic E-state index is 1.15. The standard InChI is InChI=1S/C54H33N3/c1-2-12-38(13-3-1)55-48-18-8-4-14-40(48)44-30-35(24-28-52(44)55)36-25-29-53-45(31-36)41-15-5-9-19-49(41)56(53)39-26-22-34(23-27-39)37-32-46-42-16-6-10-20-50(42)57-51-21-11-7-17-43(51)47(33-37)54(46)57/h1-33H. The second-order valence-electron chi connectivity index (χ2n) is 15.3. The van der Waals surface area contributed by atoms with E-state index in [1.807, 2.05) is 0 Å². The van der Waals surface area contributed by atoms with Gasteiger partial charge in [-0.25, -0.2) is 0 Å². The molecule has 0 aliphatic heterocycles. The van der Waals surface area contributed by atoms with Crippen molar-refractivity contribution >= 4 is 81.7 Å². The molecule has 0 saturated heterocycles. The predicted octanol–water partition coefficient (Wildman–Crippen LogP) is 14.4. The highest BCUT2D eigenvalue weighted by Crippen LogP contribution is 2.43. The second kappa shape index (κ2) is 11.5. The molecule has 13 rings (SSSR count). The van der Waals surface area contributed by atoms with E-state index in [9.17, 15) is 0 Å². The molecule has 57 heavy (non-hydrogen) atoms. The Bertz CT molecular complexity index is 3650. The number of nitrogens with zero attached hydrogens (tertiary/aromatic N) is 3. The van der Waals surface area contributed by atoms with Gasteiger partial charge in [0.15, 0.2) is 0 Å². The van der Waals surface area contributed by atoms with E-state index in [1.54, 1.807) is 0 Å². The van der Waals surface area contributed by atoms with Gasteiger partial charge in [0.25, 0.3) is 0 Å². The van der Waals surface area contributed by atoms with E-state index < -0.39 is 0 Å². The van der Waals surface area contributed by atoms with Crippen LogP contribution in [0.15, 0.2) is 200 Å². The molecule has 0 amide bonds. The molecule has 0 N–H and O–H groups in total. The van der Waals surface area contributed by atoms with Gasteiger partial charge >= 0.3 is 0 Å². The van der Waals surface area contributed by atoms with Gasteiger partial charge in [0, 0.05) is 54.5 Å². The average Bonchev–Trinajstić information content (AvgIpc) is 4.00. The molecule has 0 unspecified atom stereocenters.